The van der Waals surface area contributed by atoms with Crippen molar-refractivity contribution in [2.24, 2.45) is 5.92 Å². The third-order valence-corrected chi connectivity index (χ3v) is 5.39. The highest BCUT2D eigenvalue weighted by atomic mass is 35.5. The van der Waals surface area contributed by atoms with Crippen LogP contribution in [0, 0.1) is 5.92 Å². The number of hydrogen-bond donors (Lipinski definition) is 1. The van der Waals surface area contributed by atoms with Crippen molar-refractivity contribution in [3.63, 3.8) is 0 Å². The number of carbonyl (C=O) groups excluding carboxylic acids is 2. The number of carbonyl (C=O) groups is 2. The first kappa shape index (κ1) is 18.9. The van der Waals surface area contributed by atoms with Gasteiger partial charge in [-0.3, -0.25) is 9.59 Å². The topological polar surface area (TPSA) is 67.9 Å². The molecule has 6 nitrogen and oxygen atoms in total. The summed E-state index contributed by atoms with van der Waals surface area (Å²) < 4.78 is 11.1. The number of benzene rings is 2. The van der Waals surface area contributed by atoms with Gasteiger partial charge in [0.05, 0.1) is 5.92 Å². The molecule has 2 aromatic carbocycles. The Labute approximate surface area is 172 Å². The van der Waals surface area contributed by atoms with Crippen molar-refractivity contribution in [1.29, 1.82) is 0 Å². The fourth-order valence-electron chi connectivity index (χ4n) is 3.32. The van der Waals surface area contributed by atoms with Gasteiger partial charge in [0.1, 0.15) is 13.2 Å². The number of hydrogen-bond acceptors (Lipinski definition) is 4. The molecule has 28 heavy (non-hydrogen) atoms. The molecule has 2 heterocycles. The number of nitrogens with zero attached hydrogens (tertiary/aromatic N) is 1. The number of amides is 2. The molecular formula is C20H18Cl2N2O4. The maximum Gasteiger partial charge on any atom is 0.227 e. The van der Waals surface area contributed by atoms with Crippen LogP contribution in [-0.4, -0.2) is 31.6 Å². The first-order valence-electron chi connectivity index (χ1n) is 8.93. The summed E-state index contributed by atoms with van der Waals surface area (Å²) in [6, 6.07) is 10.5. The molecule has 0 radical (unpaired) electrons. The molecule has 2 aliphatic rings. The van der Waals surface area contributed by atoms with Gasteiger partial charge < -0.3 is 19.7 Å². The van der Waals surface area contributed by atoms with Crippen LogP contribution in [0.4, 0.5) is 5.69 Å². The Hall–Kier alpha value is -2.44. The number of nitrogens with one attached hydrogen (secondary N) is 1. The lowest BCUT2D eigenvalue weighted by Gasteiger charge is -2.22. The summed E-state index contributed by atoms with van der Waals surface area (Å²) in [5.41, 5.74) is 1.47. The highest BCUT2D eigenvalue weighted by Gasteiger charge is 2.35. The Balaban J connectivity index is 1.40. The fourth-order valence-corrected chi connectivity index (χ4v) is 3.80. The number of anilines is 1. The first-order chi connectivity index (χ1) is 13.5. The molecule has 1 unspecified atom stereocenters. The Morgan fingerprint density at radius 2 is 1.89 bits per heavy atom. The molecule has 1 N–H and O–H groups in total. The van der Waals surface area contributed by atoms with E-state index in [1.807, 2.05) is 0 Å². The Morgan fingerprint density at radius 1 is 1.11 bits per heavy atom. The standard InChI is InChI=1S/C20H18Cl2N2O4/c21-14-2-1-12(16(22)8-14)10-23-20(26)13-7-19(25)24(11-13)15-3-4-17-18(9-15)28-6-5-27-17/h1-4,8-9,13H,5-7,10-11H2,(H,23,26). The van der Waals surface area contributed by atoms with Crippen LogP contribution in [0.2, 0.25) is 10.0 Å². The van der Waals surface area contributed by atoms with E-state index in [0.29, 0.717) is 47.0 Å². The molecule has 2 aliphatic heterocycles. The van der Waals surface area contributed by atoms with Crippen LogP contribution in [0.15, 0.2) is 36.4 Å². The largest absolute Gasteiger partial charge is 0.486 e. The molecular weight excluding hydrogens is 403 g/mol. The molecule has 2 aromatic rings. The van der Waals surface area contributed by atoms with Crippen molar-refractivity contribution in [2.45, 2.75) is 13.0 Å². The van der Waals surface area contributed by atoms with Gasteiger partial charge in [0.2, 0.25) is 11.8 Å². The lowest BCUT2D eigenvalue weighted by molar-refractivity contribution is -0.126. The number of fused-ring (bicyclic) bond motifs is 1. The van der Waals surface area contributed by atoms with Gasteiger partial charge in [0, 0.05) is 41.3 Å². The number of rotatable bonds is 4. The van der Waals surface area contributed by atoms with Crippen molar-refractivity contribution in [3.8, 4) is 11.5 Å². The third kappa shape index (κ3) is 3.88. The monoisotopic (exact) mass is 420 g/mol. The maximum atomic E-state index is 12.5. The van der Waals surface area contributed by atoms with Gasteiger partial charge in [-0.1, -0.05) is 29.3 Å². The quantitative estimate of drug-likeness (QED) is 0.822. The van der Waals surface area contributed by atoms with E-state index in [1.54, 1.807) is 41.3 Å². The van der Waals surface area contributed by atoms with Gasteiger partial charge in [-0.25, -0.2) is 0 Å². The van der Waals surface area contributed by atoms with Crippen molar-refractivity contribution in [2.75, 3.05) is 24.7 Å². The van der Waals surface area contributed by atoms with Crippen LogP contribution in [0.25, 0.3) is 0 Å². The summed E-state index contributed by atoms with van der Waals surface area (Å²) >= 11 is 12.0. The average molecular weight is 421 g/mol. The second-order valence-electron chi connectivity index (χ2n) is 6.69. The predicted molar refractivity (Wildman–Crippen MR) is 106 cm³/mol. The van der Waals surface area contributed by atoms with Crippen LogP contribution >= 0.6 is 23.2 Å². The van der Waals surface area contributed by atoms with Gasteiger partial charge in [-0.05, 0) is 29.8 Å². The summed E-state index contributed by atoms with van der Waals surface area (Å²) in [5.74, 6) is 0.574. The van der Waals surface area contributed by atoms with Crippen molar-refractivity contribution >= 4 is 40.7 Å². The molecule has 1 fully saturated rings. The zero-order chi connectivity index (χ0) is 19.7. The van der Waals surface area contributed by atoms with Crippen molar-refractivity contribution in [1.82, 2.24) is 5.32 Å². The van der Waals surface area contributed by atoms with Gasteiger partial charge in [0.15, 0.2) is 11.5 Å². The van der Waals surface area contributed by atoms with E-state index in [4.69, 9.17) is 32.7 Å². The average Bonchev–Trinajstić information content (AvgIpc) is 3.08. The van der Waals surface area contributed by atoms with Crippen LogP contribution in [0.1, 0.15) is 12.0 Å². The van der Waals surface area contributed by atoms with E-state index >= 15 is 0 Å². The van der Waals surface area contributed by atoms with Crippen molar-refractivity contribution in [3.05, 3.63) is 52.0 Å². The molecule has 1 saturated heterocycles. The molecule has 4 rings (SSSR count). The summed E-state index contributed by atoms with van der Waals surface area (Å²) in [4.78, 5) is 26.6. The van der Waals surface area contributed by atoms with E-state index < -0.39 is 5.92 Å². The highest BCUT2D eigenvalue weighted by molar-refractivity contribution is 6.35. The molecule has 0 saturated carbocycles. The highest BCUT2D eigenvalue weighted by Crippen LogP contribution is 2.36. The molecule has 8 heteroatoms. The Kier molecular flexibility index (Phi) is 5.33. The minimum absolute atomic E-state index is 0.0960. The van der Waals surface area contributed by atoms with Crippen LogP contribution < -0.4 is 19.7 Å². The molecule has 146 valence electrons. The SMILES string of the molecule is O=C(NCc1ccc(Cl)cc1Cl)C1CC(=O)N(c2ccc3c(c2)OCCO3)C1. The fraction of sp³-hybridized carbons (Fsp3) is 0.300. The summed E-state index contributed by atoms with van der Waals surface area (Å²) in [6.07, 6.45) is 0.161. The summed E-state index contributed by atoms with van der Waals surface area (Å²) in [5, 5.41) is 3.89. The van der Waals surface area contributed by atoms with Crippen LogP contribution in [0.3, 0.4) is 0 Å². The normalized spacial score (nSPS) is 18.3. The lowest BCUT2D eigenvalue weighted by atomic mass is 10.1. The summed E-state index contributed by atoms with van der Waals surface area (Å²) in [7, 11) is 0. The minimum Gasteiger partial charge on any atom is -0.486 e. The van der Waals surface area contributed by atoms with Crippen molar-refractivity contribution < 1.29 is 19.1 Å². The zero-order valence-electron chi connectivity index (χ0n) is 14.9. The van der Waals surface area contributed by atoms with E-state index in [2.05, 4.69) is 5.32 Å². The lowest BCUT2D eigenvalue weighted by Crippen LogP contribution is -2.32. The third-order valence-electron chi connectivity index (χ3n) is 4.80. The molecule has 0 aromatic heterocycles. The smallest absolute Gasteiger partial charge is 0.227 e. The van der Waals surface area contributed by atoms with E-state index in [1.165, 1.54) is 0 Å². The van der Waals surface area contributed by atoms with E-state index in [9.17, 15) is 9.59 Å². The second-order valence-corrected chi connectivity index (χ2v) is 7.53. The van der Waals surface area contributed by atoms with Gasteiger partial charge in [-0.15, -0.1) is 0 Å². The number of ether oxygens (including phenoxy) is 2. The maximum absolute atomic E-state index is 12.5. The first-order valence-corrected chi connectivity index (χ1v) is 9.68. The summed E-state index contributed by atoms with van der Waals surface area (Å²) in [6.45, 7) is 1.58. The predicted octanol–water partition coefficient (Wildman–Crippen LogP) is 3.43. The Bertz CT molecular complexity index is 934. The van der Waals surface area contributed by atoms with E-state index in [-0.39, 0.29) is 24.8 Å². The zero-order valence-corrected chi connectivity index (χ0v) is 16.4. The van der Waals surface area contributed by atoms with Crippen LogP contribution in [0.5, 0.6) is 11.5 Å². The second kappa shape index (κ2) is 7.89. The van der Waals surface area contributed by atoms with Gasteiger partial charge in [-0.2, -0.15) is 0 Å². The van der Waals surface area contributed by atoms with Gasteiger partial charge >= 0.3 is 0 Å². The van der Waals surface area contributed by atoms with E-state index in [0.717, 1.165) is 5.56 Å². The molecule has 0 aliphatic carbocycles. The molecule has 2 amide bonds. The molecule has 1 atom stereocenters. The van der Waals surface area contributed by atoms with Gasteiger partial charge in [0.25, 0.3) is 0 Å². The minimum atomic E-state index is -0.424. The van der Waals surface area contributed by atoms with Crippen LogP contribution in [-0.2, 0) is 16.1 Å². The molecule has 0 bridgehead atoms. The molecule has 0 spiro atoms. The number of halogens is 2. The Morgan fingerprint density at radius 3 is 2.68 bits per heavy atom.